The summed E-state index contributed by atoms with van der Waals surface area (Å²) in [5.74, 6) is 0.205. The lowest BCUT2D eigenvalue weighted by Gasteiger charge is -2.22. The highest BCUT2D eigenvalue weighted by Crippen LogP contribution is 2.23. The molecule has 0 bridgehead atoms. The van der Waals surface area contributed by atoms with Crippen molar-refractivity contribution < 1.29 is 14.3 Å². The number of nitrogens with zero attached hydrogens (tertiary/aromatic N) is 1. The van der Waals surface area contributed by atoms with Crippen molar-refractivity contribution in [2.45, 2.75) is 31.8 Å². The van der Waals surface area contributed by atoms with Crippen LogP contribution in [0.4, 0.5) is 5.69 Å². The summed E-state index contributed by atoms with van der Waals surface area (Å²) in [6.45, 7) is 1.40. The van der Waals surface area contributed by atoms with E-state index in [2.05, 4.69) is 22.3 Å². The number of hydrogen-bond donors (Lipinski definition) is 2. The fraction of sp³-hybridized carbons (Fsp3) is 0.259. The third-order valence-corrected chi connectivity index (χ3v) is 5.86. The molecule has 1 aliphatic heterocycles. The summed E-state index contributed by atoms with van der Waals surface area (Å²) in [4.78, 5) is 26.3. The number of carbonyl (C=O) groups excluding carboxylic acids is 2. The second-order valence-corrected chi connectivity index (χ2v) is 8.34. The van der Waals surface area contributed by atoms with Crippen LogP contribution in [-0.2, 0) is 22.6 Å². The summed E-state index contributed by atoms with van der Waals surface area (Å²) in [5.41, 5.74) is 9.47. The molecule has 1 heterocycles. The van der Waals surface area contributed by atoms with Crippen LogP contribution in [0.1, 0.15) is 29.5 Å². The van der Waals surface area contributed by atoms with Crippen molar-refractivity contribution in [1.29, 1.82) is 0 Å². The Morgan fingerprint density at radius 1 is 0.970 bits per heavy atom. The minimum atomic E-state index is -0.276. The summed E-state index contributed by atoms with van der Waals surface area (Å²) in [6.07, 6.45) is 2.51. The first kappa shape index (κ1) is 22.6. The topological polar surface area (TPSA) is 84.7 Å². The van der Waals surface area contributed by atoms with Crippen LogP contribution in [-0.4, -0.2) is 35.9 Å². The lowest BCUT2D eigenvalue weighted by atomic mass is 10.0. The van der Waals surface area contributed by atoms with Crippen molar-refractivity contribution in [3.63, 3.8) is 0 Å². The Labute approximate surface area is 194 Å². The molecule has 0 saturated carbocycles. The van der Waals surface area contributed by atoms with Crippen LogP contribution >= 0.6 is 0 Å². The molecular weight excluding hydrogens is 414 g/mol. The van der Waals surface area contributed by atoms with Gasteiger partial charge in [-0.25, -0.2) is 0 Å². The van der Waals surface area contributed by atoms with Crippen molar-refractivity contribution in [2.75, 3.05) is 18.5 Å². The maximum Gasteiger partial charge on any atom is 0.262 e. The number of amides is 2. The SMILES string of the molecule is NC(=O)C1CCCN1Cc1cccc(NC(=O)COc2ccccc2Cc2ccccc2)c1. The van der Waals surface area contributed by atoms with Gasteiger partial charge in [0.15, 0.2) is 6.61 Å². The molecule has 3 aromatic rings. The number of carbonyl (C=O) groups is 2. The molecular formula is C27H29N3O3. The molecule has 6 nitrogen and oxygen atoms in total. The zero-order valence-corrected chi connectivity index (χ0v) is 18.6. The molecule has 0 spiro atoms. The molecule has 0 radical (unpaired) electrons. The molecule has 0 aliphatic carbocycles. The van der Waals surface area contributed by atoms with Crippen LogP contribution in [0.2, 0.25) is 0 Å². The number of likely N-dealkylation sites (tertiary alicyclic amines) is 1. The van der Waals surface area contributed by atoms with Gasteiger partial charge < -0.3 is 15.8 Å². The Kier molecular flexibility index (Phi) is 7.37. The molecule has 1 fully saturated rings. The third kappa shape index (κ3) is 6.20. The van der Waals surface area contributed by atoms with Gasteiger partial charge in [0, 0.05) is 18.7 Å². The number of para-hydroxylation sites is 1. The van der Waals surface area contributed by atoms with Gasteiger partial charge in [-0.05, 0) is 54.3 Å². The highest BCUT2D eigenvalue weighted by Gasteiger charge is 2.28. The molecule has 3 aromatic carbocycles. The molecule has 33 heavy (non-hydrogen) atoms. The number of primary amides is 1. The molecule has 6 heteroatoms. The van der Waals surface area contributed by atoms with E-state index in [1.54, 1.807) is 0 Å². The van der Waals surface area contributed by atoms with Crippen molar-refractivity contribution >= 4 is 17.5 Å². The summed E-state index contributed by atoms with van der Waals surface area (Å²) in [7, 11) is 0. The van der Waals surface area contributed by atoms with E-state index in [1.807, 2.05) is 66.7 Å². The lowest BCUT2D eigenvalue weighted by molar-refractivity contribution is -0.122. The first-order valence-electron chi connectivity index (χ1n) is 11.3. The number of anilines is 1. The molecule has 1 unspecified atom stereocenters. The Morgan fingerprint density at radius 3 is 2.55 bits per heavy atom. The second-order valence-electron chi connectivity index (χ2n) is 8.34. The van der Waals surface area contributed by atoms with E-state index in [1.165, 1.54) is 5.56 Å². The Balaban J connectivity index is 1.34. The average Bonchev–Trinajstić information content (AvgIpc) is 3.28. The molecule has 4 rings (SSSR count). The number of hydrogen-bond acceptors (Lipinski definition) is 4. The lowest BCUT2D eigenvalue weighted by Crippen LogP contribution is -2.39. The summed E-state index contributed by atoms with van der Waals surface area (Å²) < 4.78 is 5.85. The number of nitrogens with two attached hydrogens (primary N) is 1. The fourth-order valence-electron chi connectivity index (χ4n) is 4.27. The second kappa shape index (κ2) is 10.8. The van der Waals surface area contributed by atoms with Gasteiger partial charge in [-0.2, -0.15) is 0 Å². The Morgan fingerprint density at radius 2 is 1.73 bits per heavy atom. The van der Waals surface area contributed by atoms with Crippen LogP contribution in [0.5, 0.6) is 5.75 Å². The van der Waals surface area contributed by atoms with E-state index in [4.69, 9.17) is 10.5 Å². The number of rotatable bonds is 9. The van der Waals surface area contributed by atoms with Gasteiger partial charge in [0.1, 0.15) is 5.75 Å². The van der Waals surface area contributed by atoms with E-state index >= 15 is 0 Å². The molecule has 2 amide bonds. The standard InChI is InChI=1S/C27H29N3O3/c28-27(32)24-13-7-15-30(24)18-21-10-6-12-23(17-21)29-26(31)19-33-25-14-5-4-11-22(25)16-20-8-2-1-3-9-20/h1-6,8-12,14,17,24H,7,13,15-16,18-19H2,(H2,28,32)(H,29,31). The number of ether oxygens (including phenoxy) is 1. The highest BCUT2D eigenvalue weighted by atomic mass is 16.5. The van der Waals surface area contributed by atoms with E-state index in [9.17, 15) is 9.59 Å². The molecule has 1 atom stereocenters. The van der Waals surface area contributed by atoms with E-state index in [0.29, 0.717) is 18.0 Å². The molecule has 170 valence electrons. The molecule has 0 aromatic heterocycles. The van der Waals surface area contributed by atoms with Gasteiger partial charge in [0.2, 0.25) is 5.91 Å². The maximum atomic E-state index is 12.5. The van der Waals surface area contributed by atoms with E-state index < -0.39 is 0 Å². The van der Waals surface area contributed by atoms with Crippen molar-refractivity contribution in [2.24, 2.45) is 5.73 Å². The van der Waals surface area contributed by atoms with Gasteiger partial charge in [-0.15, -0.1) is 0 Å². The third-order valence-electron chi connectivity index (χ3n) is 5.86. The van der Waals surface area contributed by atoms with Crippen LogP contribution in [0.25, 0.3) is 0 Å². The zero-order valence-electron chi connectivity index (χ0n) is 18.6. The highest BCUT2D eigenvalue weighted by molar-refractivity contribution is 5.92. The van der Waals surface area contributed by atoms with Crippen molar-refractivity contribution in [3.05, 3.63) is 95.6 Å². The van der Waals surface area contributed by atoms with Crippen LogP contribution < -0.4 is 15.8 Å². The average molecular weight is 444 g/mol. The molecule has 1 saturated heterocycles. The first-order valence-corrected chi connectivity index (χ1v) is 11.3. The summed E-state index contributed by atoms with van der Waals surface area (Å²) >= 11 is 0. The van der Waals surface area contributed by atoms with E-state index in [-0.39, 0.29) is 24.5 Å². The van der Waals surface area contributed by atoms with Crippen LogP contribution in [0.15, 0.2) is 78.9 Å². The van der Waals surface area contributed by atoms with Crippen molar-refractivity contribution in [1.82, 2.24) is 4.90 Å². The zero-order chi connectivity index (χ0) is 23.0. The fourth-order valence-corrected chi connectivity index (χ4v) is 4.27. The predicted molar refractivity (Wildman–Crippen MR) is 129 cm³/mol. The normalized spacial score (nSPS) is 15.8. The van der Waals surface area contributed by atoms with E-state index in [0.717, 1.165) is 36.9 Å². The van der Waals surface area contributed by atoms with Gasteiger partial charge in [0.25, 0.3) is 5.91 Å². The number of nitrogens with one attached hydrogen (secondary N) is 1. The molecule has 3 N–H and O–H groups in total. The predicted octanol–water partition coefficient (Wildman–Crippen LogP) is 3.74. The Hall–Kier alpha value is -3.64. The quantitative estimate of drug-likeness (QED) is 0.528. The number of benzene rings is 3. The van der Waals surface area contributed by atoms with Crippen LogP contribution in [0.3, 0.4) is 0 Å². The Bertz CT molecular complexity index is 1100. The minimum Gasteiger partial charge on any atom is -0.483 e. The minimum absolute atomic E-state index is 0.0775. The van der Waals surface area contributed by atoms with Gasteiger partial charge in [-0.3, -0.25) is 14.5 Å². The molecule has 1 aliphatic rings. The summed E-state index contributed by atoms with van der Waals surface area (Å²) in [6, 6.07) is 25.4. The van der Waals surface area contributed by atoms with Gasteiger partial charge in [0.05, 0.1) is 6.04 Å². The van der Waals surface area contributed by atoms with Crippen LogP contribution in [0, 0.1) is 0 Å². The van der Waals surface area contributed by atoms with Crippen molar-refractivity contribution in [3.8, 4) is 5.75 Å². The maximum absolute atomic E-state index is 12.5. The largest absolute Gasteiger partial charge is 0.483 e. The first-order chi connectivity index (χ1) is 16.1. The van der Waals surface area contributed by atoms with Gasteiger partial charge >= 0.3 is 0 Å². The smallest absolute Gasteiger partial charge is 0.262 e. The van der Waals surface area contributed by atoms with Gasteiger partial charge in [-0.1, -0.05) is 60.7 Å². The summed E-state index contributed by atoms with van der Waals surface area (Å²) in [5, 5.41) is 2.91. The monoisotopic (exact) mass is 443 g/mol.